The van der Waals surface area contributed by atoms with Crippen molar-refractivity contribution in [1.82, 2.24) is 4.98 Å². The number of hydrogen-bond acceptors (Lipinski definition) is 3. The summed E-state index contributed by atoms with van der Waals surface area (Å²) in [7, 11) is 0. The van der Waals surface area contributed by atoms with Crippen molar-refractivity contribution in [2.24, 2.45) is 5.73 Å². The lowest BCUT2D eigenvalue weighted by atomic mass is 10.1. The first-order valence-corrected chi connectivity index (χ1v) is 7.11. The van der Waals surface area contributed by atoms with Gasteiger partial charge in [-0.05, 0) is 43.5 Å². The molecule has 0 amide bonds. The first-order valence-electron chi connectivity index (χ1n) is 6.73. The molecule has 2 rings (SSSR count). The average Bonchev–Trinajstić information content (AvgIpc) is 2.44. The molecule has 0 aliphatic rings. The Kier molecular flexibility index (Phi) is 4.99. The molecule has 1 unspecified atom stereocenters. The third-order valence-electron chi connectivity index (χ3n) is 3.15. The van der Waals surface area contributed by atoms with Gasteiger partial charge in [0, 0.05) is 17.8 Å². The molecule has 0 aliphatic heterocycles. The Morgan fingerprint density at radius 3 is 2.90 bits per heavy atom. The average molecular weight is 291 g/mol. The van der Waals surface area contributed by atoms with Crippen LogP contribution in [0, 0.1) is 6.92 Å². The fraction of sp³-hybridized carbons (Fsp3) is 0.312. The third kappa shape index (κ3) is 3.71. The van der Waals surface area contributed by atoms with E-state index < -0.39 is 0 Å². The van der Waals surface area contributed by atoms with Gasteiger partial charge in [-0.1, -0.05) is 30.7 Å². The van der Waals surface area contributed by atoms with E-state index in [-0.39, 0.29) is 6.04 Å². The number of nitrogens with zero attached hydrogens (tertiary/aromatic N) is 1. The zero-order chi connectivity index (χ0) is 14.5. The van der Waals surface area contributed by atoms with Crippen LogP contribution >= 0.6 is 11.6 Å². The Morgan fingerprint density at radius 1 is 1.35 bits per heavy atom. The van der Waals surface area contributed by atoms with Crippen molar-refractivity contribution < 1.29 is 4.74 Å². The highest BCUT2D eigenvalue weighted by Crippen LogP contribution is 2.31. The molecular weight excluding hydrogens is 272 g/mol. The predicted octanol–water partition coefficient (Wildman–Crippen LogP) is 4.12. The molecule has 0 spiro atoms. The maximum Gasteiger partial charge on any atom is 0.222 e. The van der Waals surface area contributed by atoms with Gasteiger partial charge in [0.2, 0.25) is 5.88 Å². The fourth-order valence-electron chi connectivity index (χ4n) is 1.89. The standard InChI is InChI=1S/C16H19ClN2O/c1-3-13(18)10-12-5-4-8-19-16(12)20-15-9-11(2)6-7-14(15)17/h4-9,13H,3,10,18H2,1-2H3. The van der Waals surface area contributed by atoms with Gasteiger partial charge in [-0.2, -0.15) is 0 Å². The summed E-state index contributed by atoms with van der Waals surface area (Å²) in [6.45, 7) is 4.06. The summed E-state index contributed by atoms with van der Waals surface area (Å²) in [5.41, 5.74) is 8.10. The van der Waals surface area contributed by atoms with Crippen LogP contribution in [0.5, 0.6) is 11.6 Å². The minimum Gasteiger partial charge on any atom is -0.437 e. The Hall–Kier alpha value is -1.58. The maximum absolute atomic E-state index is 6.15. The molecule has 2 aromatic rings. The van der Waals surface area contributed by atoms with Crippen LogP contribution in [-0.4, -0.2) is 11.0 Å². The van der Waals surface area contributed by atoms with Crippen molar-refractivity contribution in [2.45, 2.75) is 32.7 Å². The van der Waals surface area contributed by atoms with E-state index in [2.05, 4.69) is 11.9 Å². The molecule has 0 saturated heterocycles. The van der Waals surface area contributed by atoms with Gasteiger partial charge < -0.3 is 10.5 Å². The Bertz CT molecular complexity index is 586. The molecule has 0 radical (unpaired) electrons. The van der Waals surface area contributed by atoms with E-state index in [4.69, 9.17) is 22.1 Å². The van der Waals surface area contributed by atoms with Gasteiger partial charge in [0.1, 0.15) is 5.75 Å². The fourth-order valence-corrected chi connectivity index (χ4v) is 2.05. The minimum atomic E-state index is 0.106. The number of rotatable bonds is 5. The topological polar surface area (TPSA) is 48.1 Å². The van der Waals surface area contributed by atoms with Crippen molar-refractivity contribution in [3.05, 3.63) is 52.7 Å². The highest BCUT2D eigenvalue weighted by atomic mass is 35.5. The van der Waals surface area contributed by atoms with E-state index in [1.54, 1.807) is 6.20 Å². The van der Waals surface area contributed by atoms with Gasteiger partial charge in [0.05, 0.1) is 5.02 Å². The van der Waals surface area contributed by atoms with Crippen molar-refractivity contribution >= 4 is 11.6 Å². The smallest absolute Gasteiger partial charge is 0.222 e. The highest BCUT2D eigenvalue weighted by molar-refractivity contribution is 6.32. The molecule has 20 heavy (non-hydrogen) atoms. The maximum atomic E-state index is 6.15. The minimum absolute atomic E-state index is 0.106. The van der Waals surface area contributed by atoms with Crippen LogP contribution in [0.3, 0.4) is 0 Å². The van der Waals surface area contributed by atoms with Gasteiger partial charge in [-0.25, -0.2) is 4.98 Å². The first-order chi connectivity index (χ1) is 9.60. The molecule has 3 nitrogen and oxygen atoms in total. The van der Waals surface area contributed by atoms with Gasteiger partial charge in [0.15, 0.2) is 0 Å². The summed E-state index contributed by atoms with van der Waals surface area (Å²) < 4.78 is 5.87. The largest absolute Gasteiger partial charge is 0.437 e. The number of aromatic nitrogens is 1. The van der Waals surface area contributed by atoms with Gasteiger partial charge in [-0.3, -0.25) is 0 Å². The van der Waals surface area contributed by atoms with E-state index >= 15 is 0 Å². The van der Waals surface area contributed by atoms with Crippen LogP contribution in [-0.2, 0) is 6.42 Å². The summed E-state index contributed by atoms with van der Waals surface area (Å²) in [4.78, 5) is 4.30. The normalized spacial score (nSPS) is 12.2. The van der Waals surface area contributed by atoms with E-state index in [1.165, 1.54) is 0 Å². The first kappa shape index (κ1) is 14.8. The molecule has 2 N–H and O–H groups in total. The zero-order valence-corrected chi connectivity index (χ0v) is 12.5. The summed E-state index contributed by atoms with van der Waals surface area (Å²) in [6, 6.07) is 9.66. The van der Waals surface area contributed by atoms with Crippen molar-refractivity contribution in [1.29, 1.82) is 0 Å². The van der Waals surface area contributed by atoms with Crippen LogP contribution in [0.1, 0.15) is 24.5 Å². The Morgan fingerprint density at radius 2 is 2.15 bits per heavy atom. The molecule has 1 atom stereocenters. The van der Waals surface area contributed by atoms with Crippen LogP contribution in [0.25, 0.3) is 0 Å². The second kappa shape index (κ2) is 6.73. The molecule has 106 valence electrons. The number of ether oxygens (including phenoxy) is 1. The molecular formula is C16H19ClN2O. The molecule has 1 heterocycles. The second-order valence-electron chi connectivity index (χ2n) is 4.88. The van der Waals surface area contributed by atoms with Crippen molar-refractivity contribution in [3.8, 4) is 11.6 Å². The number of halogens is 1. The van der Waals surface area contributed by atoms with E-state index in [0.29, 0.717) is 16.7 Å². The lowest BCUT2D eigenvalue weighted by molar-refractivity contribution is 0.452. The molecule has 0 saturated carbocycles. The highest BCUT2D eigenvalue weighted by Gasteiger charge is 2.11. The number of benzene rings is 1. The molecule has 0 fully saturated rings. The van der Waals surface area contributed by atoms with E-state index in [0.717, 1.165) is 24.0 Å². The van der Waals surface area contributed by atoms with Gasteiger partial charge in [-0.15, -0.1) is 0 Å². The monoisotopic (exact) mass is 290 g/mol. The third-order valence-corrected chi connectivity index (χ3v) is 3.46. The molecule has 0 aliphatic carbocycles. The number of aryl methyl sites for hydroxylation is 1. The molecule has 0 bridgehead atoms. The summed E-state index contributed by atoms with van der Waals surface area (Å²) in [5, 5.41) is 0.576. The second-order valence-corrected chi connectivity index (χ2v) is 5.28. The summed E-state index contributed by atoms with van der Waals surface area (Å²) in [5.74, 6) is 1.19. The predicted molar refractivity (Wildman–Crippen MR) is 82.5 cm³/mol. The molecule has 4 heteroatoms. The summed E-state index contributed by atoms with van der Waals surface area (Å²) in [6.07, 6.45) is 3.36. The SMILES string of the molecule is CCC(N)Cc1cccnc1Oc1cc(C)ccc1Cl. The van der Waals surface area contributed by atoms with Crippen LogP contribution < -0.4 is 10.5 Å². The van der Waals surface area contributed by atoms with Crippen molar-refractivity contribution in [2.75, 3.05) is 0 Å². The Labute approximate surface area is 124 Å². The number of pyridine rings is 1. The van der Waals surface area contributed by atoms with Crippen molar-refractivity contribution in [3.63, 3.8) is 0 Å². The molecule has 1 aromatic heterocycles. The molecule has 1 aromatic carbocycles. The van der Waals surface area contributed by atoms with Gasteiger partial charge in [0.25, 0.3) is 0 Å². The summed E-state index contributed by atoms with van der Waals surface area (Å²) >= 11 is 6.15. The lowest BCUT2D eigenvalue weighted by Crippen LogP contribution is -2.21. The van der Waals surface area contributed by atoms with Gasteiger partial charge >= 0.3 is 0 Å². The van der Waals surface area contributed by atoms with E-state index in [1.807, 2.05) is 37.3 Å². The number of nitrogens with two attached hydrogens (primary N) is 1. The Balaban J connectivity index is 2.27. The quantitative estimate of drug-likeness (QED) is 0.901. The van der Waals surface area contributed by atoms with E-state index in [9.17, 15) is 0 Å². The van der Waals surface area contributed by atoms with Crippen LogP contribution in [0.2, 0.25) is 5.02 Å². The zero-order valence-electron chi connectivity index (χ0n) is 11.8. The van der Waals surface area contributed by atoms with Crippen LogP contribution in [0.15, 0.2) is 36.5 Å². The van der Waals surface area contributed by atoms with Crippen LogP contribution in [0.4, 0.5) is 0 Å². The number of hydrogen-bond donors (Lipinski definition) is 1. The lowest BCUT2D eigenvalue weighted by Gasteiger charge is -2.14.